The fraction of sp³-hybridized carbons (Fsp3) is 0.222. The third-order valence-corrected chi connectivity index (χ3v) is 3.98. The first-order valence-corrected chi connectivity index (χ1v) is 7.77. The Morgan fingerprint density at radius 2 is 2.04 bits per heavy atom. The van der Waals surface area contributed by atoms with Crippen molar-refractivity contribution >= 4 is 5.91 Å². The Kier molecular flexibility index (Phi) is 4.58. The molecule has 1 aromatic carbocycles. The lowest BCUT2D eigenvalue weighted by molar-refractivity contribution is -0.137. The first-order valence-electron chi connectivity index (χ1n) is 7.77. The maximum atomic E-state index is 12.9. The molecule has 0 atom stereocenters. The Morgan fingerprint density at radius 3 is 2.69 bits per heavy atom. The van der Waals surface area contributed by atoms with Crippen LogP contribution in [-0.4, -0.2) is 27.6 Å². The molecule has 5 nitrogen and oxygen atoms in total. The molecule has 0 aliphatic carbocycles. The number of aromatic nitrogens is 2. The second-order valence-corrected chi connectivity index (χ2v) is 5.84. The van der Waals surface area contributed by atoms with Gasteiger partial charge in [-0.05, 0) is 37.3 Å². The van der Waals surface area contributed by atoms with Crippen molar-refractivity contribution in [2.75, 3.05) is 7.05 Å². The summed E-state index contributed by atoms with van der Waals surface area (Å²) in [6.07, 6.45) is -1.57. The maximum absolute atomic E-state index is 12.9. The molecule has 3 aromatic rings. The van der Waals surface area contributed by atoms with Crippen LogP contribution in [0.1, 0.15) is 27.4 Å². The average molecular weight is 363 g/mol. The Labute approximate surface area is 147 Å². The smallest absolute Gasteiger partial charge is 0.416 e. The average Bonchev–Trinajstić information content (AvgIpc) is 3.23. The summed E-state index contributed by atoms with van der Waals surface area (Å²) in [5.74, 6) is 0.334. The third-order valence-electron chi connectivity index (χ3n) is 3.98. The van der Waals surface area contributed by atoms with Crippen molar-refractivity contribution in [2.24, 2.45) is 0 Å². The second-order valence-electron chi connectivity index (χ2n) is 5.84. The number of carbonyl (C=O) groups is 1. The molecule has 0 saturated carbocycles. The van der Waals surface area contributed by atoms with Gasteiger partial charge in [0.05, 0.1) is 41.5 Å². The summed E-state index contributed by atoms with van der Waals surface area (Å²) in [6, 6.07) is 8.29. The van der Waals surface area contributed by atoms with E-state index in [1.54, 1.807) is 26.1 Å². The Balaban J connectivity index is 1.87. The summed E-state index contributed by atoms with van der Waals surface area (Å²) in [6.45, 7) is 1.92. The minimum absolute atomic E-state index is 0.241. The van der Waals surface area contributed by atoms with Gasteiger partial charge in [-0.15, -0.1) is 0 Å². The zero-order valence-corrected chi connectivity index (χ0v) is 14.1. The first kappa shape index (κ1) is 17.8. The summed E-state index contributed by atoms with van der Waals surface area (Å²) in [5, 5.41) is 4.09. The molecule has 136 valence electrons. The zero-order chi connectivity index (χ0) is 18.9. The third kappa shape index (κ3) is 3.49. The maximum Gasteiger partial charge on any atom is 0.416 e. The number of carbonyl (C=O) groups excluding carboxylic acids is 1. The minimum Gasteiger partial charge on any atom is -0.467 e. The Bertz CT molecular complexity index is 914. The van der Waals surface area contributed by atoms with Gasteiger partial charge in [0.1, 0.15) is 5.76 Å². The quantitative estimate of drug-likeness (QED) is 0.702. The highest BCUT2D eigenvalue weighted by atomic mass is 19.4. The van der Waals surface area contributed by atoms with E-state index in [1.165, 1.54) is 34.2 Å². The molecule has 0 unspecified atom stereocenters. The van der Waals surface area contributed by atoms with Crippen molar-refractivity contribution in [1.29, 1.82) is 0 Å². The van der Waals surface area contributed by atoms with E-state index in [9.17, 15) is 18.0 Å². The van der Waals surface area contributed by atoms with Gasteiger partial charge in [0, 0.05) is 7.05 Å². The lowest BCUT2D eigenvalue weighted by Crippen LogP contribution is -2.26. The van der Waals surface area contributed by atoms with Crippen LogP contribution in [0.4, 0.5) is 13.2 Å². The molecule has 0 fully saturated rings. The van der Waals surface area contributed by atoms with Gasteiger partial charge < -0.3 is 9.32 Å². The van der Waals surface area contributed by atoms with Crippen LogP contribution in [0.3, 0.4) is 0 Å². The van der Waals surface area contributed by atoms with E-state index < -0.39 is 11.7 Å². The zero-order valence-electron chi connectivity index (χ0n) is 14.1. The van der Waals surface area contributed by atoms with Crippen LogP contribution in [-0.2, 0) is 12.7 Å². The fourth-order valence-electron chi connectivity index (χ4n) is 2.61. The number of hydrogen-bond donors (Lipinski definition) is 0. The molecule has 8 heteroatoms. The first-order chi connectivity index (χ1) is 12.3. The molecule has 0 aliphatic rings. The molecule has 2 aromatic heterocycles. The summed E-state index contributed by atoms with van der Waals surface area (Å²) >= 11 is 0. The molecular formula is C18H16F3N3O2. The molecule has 0 aliphatic heterocycles. The molecule has 3 rings (SSSR count). The highest BCUT2D eigenvalue weighted by Crippen LogP contribution is 2.30. The lowest BCUT2D eigenvalue weighted by Gasteiger charge is -2.15. The van der Waals surface area contributed by atoms with Crippen LogP contribution in [0.15, 0.2) is 53.3 Å². The molecule has 1 amide bonds. The van der Waals surface area contributed by atoms with Crippen molar-refractivity contribution in [3.05, 3.63) is 71.4 Å². The van der Waals surface area contributed by atoms with Gasteiger partial charge in [0.25, 0.3) is 5.91 Å². The van der Waals surface area contributed by atoms with E-state index in [0.717, 1.165) is 12.1 Å². The monoisotopic (exact) mass is 363 g/mol. The topological polar surface area (TPSA) is 51.3 Å². The molecule has 0 saturated heterocycles. The number of furan rings is 1. The SMILES string of the molecule is Cc1c(C(=O)N(C)Cc2ccco2)cnn1-c1cccc(C(F)(F)F)c1. The van der Waals surface area contributed by atoms with Crippen molar-refractivity contribution < 1.29 is 22.4 Å². The molecule has 0 spiro atoms. The van der Waals surface area contributed by atoms with Crippen molar-refractivity contribution in [2.45, 2.75) is 19.6 Å². The van der Waals surface area contributed by atoms with Gasteiger partial charge in [-0.2, -0.15) is 18.3 Å². The summed E-state index contributed by atoms with van der Waals surface area (Å²) < 4.78 is 45.3. The fourth-order valence-corrected chi connectivity index (χ4v) is 2.61. The van der Waals surface area contributed by atoms with E-state index >= 15 is 0 Å². The normalized spacial score (nSPS) is 11.6. The van der Waals surface area contributed by atoms with Gasteiger partial charge in [-0.1, -0.05) is 6.07 Å². The number of halogens is 3. The molecular weight excluding hydrogens is 347 g/mol. The highest BCUT2D eigenvalue weighted by Gasteiger charge is 2.31. The van der Waals surface area contributed by atoms with E-state index in [2.05, 4.69) is 5.10 Å². The lowest BCUT2D eigenvalue weighted by atomic mass is 10.2. The number of rotatable bonds is 4. The van der Waals surface area contributed by atoms with Crippen molar-refractivity contribution in [1.82, 2.24) is 14.7 Å². The van der Waals surface area contributed by atoms with Gasteiger partial charge in [-0.3, -0.25) is 4.79 Å². The highest BCUT2D eigenvalue weighted by molar-refractivity contribution is 5.95. The number of hydrogen-bond acceptors (Lipinski definition) is 3. The molecule has 0 N–H and O–H groups in total. The molecule has 26 heavy (non-hydrogen) atoms. The summed E-state index contributed by atoms with van der Waals surface area (Å²) in [7, 11) is 1.62. The number of alkyl halides is 3. The van der Waals surface area contributed by atoms with Crippen molar-refractivity contribution in [3.63, 3.8) is 0 Å². The number of benzene rings is 1. The second kappa shape index (κ2) is 6.70. The number of amides is 1. The molecule has 0 radical (unpaired) electrons. The van der Waals surface area contributed by atoms with E-state index in [4.69, 9.17) is 4.42 Å². The van der Waals surface area contributed by atoms with E-state index in [1.807, 2.05) is 0 Å². The van der Waals surface area contributed by atoms with Crippen molar-refractivity contribution in [3.8, 4) is 5.69 Å². The van der Waals surface area contributed by atoms with Crippen LogP contribution < -0.4 is 0 Å². The van der Waals surface area contributed by atoms with Crippen LogP contribution >= 0.6 is 0 Å². The largest absolute Gasteiger partial charge is 0.467 e. The van der Waals surface area contributed by atoms with Gasteiger partial charge in [0.2, 0.25) is 0 Å². The van der Waals surface area contributed by atoms with Gasteiger partial charge >= 0.3 is 6.18 Å². The Hall–Kier alpha value is -3.03. The molecule has 0 bridgehead atoms. The predicted molar refractivity (Wildman–Crippen MR) is 87.8 cm³/mol. The standard InChI is InChI=1S/C18H16F3N3O2/c1-12-16(17(25)23(2)11-15-7-4-8-26-15)10-22-24(12)14-6-3-5-13(9-14)18(19,20)21/h3-10H,11H2,1-2H3. The summed E-state index contributed by atoms with van der Waals surface area (Å²) in [4.78, 5) is 14.1. The number of nitrogens with zero attached hydrogens (tertiary/aromatic N) is 3. The Morgan fingerprint density at radius 1 is 1.27 bits per heavy atom. The van der Waals surface area contributed by atoms with Crippen LogP contribution in [0.2, 0.25) is 0 Å². The van der Waals surface area contributed by atoms with Gasteiger partial charge in [-0.25, -0.2) is 4.68 Å². The van der Waals surface area contributed by atoms with Gasteiger partial charge in [0.15, 0.2) is 0 Å². The summed E-state index contributed by atoms with van der Waals surface area (Å²) in [5.41, 5.74) is 0.245. The minimum atomic E-state index is -4.45. The van der Waals surface area contributed by atoms with E-state index in [0.29, 0.717) is 17.0 Å². The van der Waals surface area contributed by atoms with E-state index in [-0.39, 0.29) is 18.1 Å². The van der Waals surface area contributed by atoms with Crippen LogP contribution in [0.5, 0.6) is 0 Å². The molecule has 2 heterocycles. The van der Waals surface area contributed by atoms with Crippen LogP contribution in [0, 0.1) is 6.92 Å². The predicted octanol–water partition coefficient (Wildman–Crippen LogP) is 4.06. The van der Waals surface area contributed by atoms with Crippen LogP contribution in [0.25, 0.3) is 5.69 Å².